The molecule has 2 rings (SSSR count). The molecule has 18 heavy (non-hydrogen) atoms. The van der Waals surface area contributed by atoms with Crippen molar-refractivity contribution in [3.63, 3.8) is 0 Å². The summed E-state index contributed by atoms with van der Waals surface area (Å²) in [5, 5.41) is 4.25. The summed E-state index contributed by atoms with van der Waals surface area (Å²) >= 11 is 6.10. The first-order valence-electron chi connectivity index (χ1n) is 5.53. The maximum atomic E-state index is 6.10. The lowest BCUT2D eigenvalue weighted by molar-refractivity contribution is 0.286. The fourth-order valence-corrected chi connectivity index (χ4v) is 1.70. The molecule has 0 aliphatic rings. The zero-order valence-corrected chi connectivity index (χ0v) is 10.9. The van der Waals surface area contributed by atoms with E-state index in [2.05, 4.69) is 10.1 Å². The van der Waals surface area contributed by atoms with Gasteiger partial charge >= 0.3 is 0 Å². The summed E-state index contributed by atoms with van der Waals surface area (Å²) in [6.07, 6.45) is 0. The largest absolute Gasteiger partial charge is 0.484 e. The van der Waals surface area contributed by atoms with Crippen LogP contribution in [0.4, 0.5) is 0 Å². The molecule has 0 saturated heterocycles. The molecule has 1 aromatic heterocycles. The molecule has 1 heterocycles. The Bertz CT molecular complexity index is 540. The van der Waals surface area contributed by atoms with E-state index in [0.717, 1.165) is 5.56 Å². The molecule has 2 N–H and O–H groups in total. The monoisotopic (exact) mass is 267 g/mol. The first kappa shape index (κ1) is 12.9. The molecule has 0 saturated carbocycles. The van der Waals surface area contributed by atoms with Gasteiger partial charge in [-0.05, 0) is 24.6 Å². The second-order valence-electron chi connectivity index (χ2n) is 4.00. The molecule has 0 aliphatic carbocycles. The number of benzene rings is 1. The minimum atomic E-state index is -0.0589. The van der Waals surface area contributed by atoms with Crippen LogP contribution in [0.25, 0.3) is 0 Å². The number of ether oxygens (including phenoxy) is 1. The van der Waals surface area contributed by atoms with Crippen LogP contribution in [0.15, 0.2) is 22.7 Å². The van der Waals surface area contributed by atoms with Crippen molar-refractivity contribution in [1.29, 1.82) is 0 Å². The Hall–Kier alpha value is -1.59. The first-order valence-corrected chi connectivity index (χ1v) is 5.91. The number of rotatable bonds is 4. The molecule has 2 aromatic rings. The number of nitrogens with two attached hydrogens (primary N) is 1. The third kappa shape index (κ3) is 3.00. The summed E-state index contributed by atoms with van der Waals surface area (Å²) in [5.74, 6) is 1.57. The SMILES string of the molecule is Cc1nc(COc2ccc([C@@H](C)N)cc2Cl)no1. The van der Waals surface area contributed by atoms with Crippen molar-refractivity contribution >= 4 is 11.6 Å². The van der Waals surface area contributed by atoms with Crippen LogP contribution in [0.5, 0.6) is 5.75 Å². The van der Waals surface area contributed by atoms with Gasteiger partial charge in [-0.2, -0.15) is 4.98 Å². The molecule has 1 aromatic carbocycles. The molecule has 96 valence electrons. The van der Waals surface area contributed by atoms with E-state index in [-0.39, 0.29) is 12.6 Å². The summed E-state index contributed by atoms with van der Waals surface area (Å²) < 4.78 is 10.4. The highest BCUT2D eigenvalue weighted by Gasteiger charge is 2.08. The normalized spacial score (nSPS) is 12.4. The van der Waals surface area contributed by atoms with Crippen LogP contribution in [0.3, 0.4) is 0 Å². The van der Waals surface area contributed by atoms with E-state index in [4.69, 9.17) is 26.6 Å². The van der Waals surface area contributed by atoms with Gasteiger partial charge < -0.3 is 15.0 Å². The molecule has 1 atom stereocenters. The van der Waals surface area contributed by atoms with E-state index in [1.54, 1.807) is 19.1 Å². The number of nitrogens with zero attached hydrogens (tertiary/aromatic N) is 2. The summed E-state index contributed by atoms with van der Waals surface area (Å²) in [6, 6.07) is 5.40. The van der Waals surface area contributed by atoms with Crippen LogP contribution < -0.4 is 10.5 Å². The van der Waals surface area contributed by atoms with Crippen LogP contribution in [-0.4, -0.2) is 10.1 Å². The van der Waals surface area contributed by atoms with Crippen molar-refractivity contribution in [1.82, 2.24) is 10.1 Å². The van der Waals surface area contributed by atoms with Crippen molar-refractivity contribution in [2.75, 3.05) is 0 Å². The zero-order chi connectivity index (χ0) is 13.1. The van der Waals surface area contributed by atoms with Crippen LogP contribution in [-0.2, 0) is 6.61 Å². The van der Waals surface area contributed by atoms with Crippen LogP contribution in [0, 0.1) is 6.92 Å². The fourth-order valence-electron chi connectivity index (χ4n) is 1.46. The second kappa shape index (κ2) is 5.37. The molecule has 0 aliphatic heterocycles. The van der Waals surface area contributed by atoms with Gasteiger partial charge in [0.1, 0.15) is 5.75 Å². The van der Waals surface area contributed by atoms with Crippen LogP contribution in [0.2, 0.25) is 5.02 Å². The average Bonchev–Trinajstić information content (AvgIpc) is 2.73. The van der Waals surface area contributed by atoms with Gasteiger partial charge in [0.25, 0.3) is 0 Å². The Morgan fingerprint density at radius 2 is 2.28 bits per heavy atom. The fraction of sp³-hybridized carbons (Fsp3) is 0.333. The maximum Gasteiger partial charge on any atom is 0.223 e. The van der Waals surface area contributed by atoms with E-state index in [1.165, 1.54) is 0 Å². The molecule has 0 spiro atoms. The highest BCUT2D eigenvalue weighted by molar-refractivity contribution is 6.32. The number of hydrogen-bond acceptors (Lipinski definition) is 5. The highest BCUT2D eigenvalue weighted by Crippen LogP contribution is 2.27. The van der Waals surface area contributed by atoms with Gasteiger partial charge in [0.15, 0.2) is 6.61 Å². The van der Waals surface area contributed by atoms with Crippen molar-refractivity contribution in [2.45, 2.75) is 26.5 Å². The molecule has 0 fully saturated rings. The third-order valence-electron chi connectivity index (χ3n) is 2.41. The summed E-state index contributed by atoms with van der Waals surface area (Å²) in [7, 11) is 0. The summed E-state index contributed by atoms with van der Waals surface area (Å²) in [5.41, 5.74) is 6.73. The quantitative estimate of drug-likeness (QED) is 0.922. The summed E-state index contributed by atoms with van der Waals surface area (Å²) in [4.78, 5) is 4.04. The molecule has 0 bridgehead atoms. The molecule has 0 unspecified atom stereocenters. The topological polar surface area (TPSA) is 74.2 Å². The van der Waals surface area contributed by atoms with E-state index < -0.39 is 0 Å². The molecule has 0 amide bonds. The Kier molecular flexibility index (Phi) is 3.84. The van der Waals surface area contributed by atoms with Gasteiger partial charge in [-0.1, -0.05) is 22.8 Å². The Morgan fingerprint density at radius 1 is 1.50 bits per heavy atom. The number of aryl methyl sites for hydroxylation is 1. The maximum absolute atomic E-state index is 6.10. The predicted molar refractivity (Wildman–Crippen MR) is 67.4 cm³/mol. The van der Waals surface area contributed by atoms with Crippen molar-refractivity contribution in [2.24, 2.45) is 5.73 Å². The zero-order valence-electron chi connectivity index (χ0n) is 10.2. The van der Waals surface area contributed by atoms with Gasteiger partial charge in [-0.25, -0.2) is 0 Å². The smallest absolute Gasteiger partial charge is 0.223 e. The Balaban J connectivity index is 2.05. The van der Waals surface area contributed by atoms with E-state index in [0.29, 0.717) is 22.5 Å². The number of halogens is 1. The highest BCUT2D eigenvalue weighted by atomic mass is 35.5. The second-order valence-corrected chi connectivity index (χ2v) is 4.40. The predicted octanol–water partition coefficient (Wildman–Crippen LogP) is 2.63. The van der Waals surface area contributed by atoms with E-state index in [9.17, 15) is 0 Å². The Morgan fingerprint density at radius 3 is 2.83 bits per heavy atom. The van der Waals surface area contributed by atoms with Crippen molar-refractivity contribution < 1.29 is 9.26 Å². The van der Waals surface area contributed by atoms with Gasteiger partial charge in [-0.3, -0.25) is 0 Å². The van der Waals surface area contributed by atoms with Crippen LogP contribution in [0.1, 0.15) is 30.2 Å². The number of aromatic nitrogens is 2. The van der Waals surface area contributed by atoms with Gasteiger partial charge in [0, 0.05) is 13.0 Å². The third-order valence-corrected chi connectivity index (χ3v) is 2.70. The lowest BCUT2D eigenvalue weighted by Gasteiger charge is -2.09. The Labute approximate surface area is 110 Å². The minimum Gasteiger partial charge on any atom is -0.484 e. The first-order chi connectivity index (χ1) is 8.56. The van der Waals surface area contributed by atoms with E-state index >= 15 is 0 Å². The molecular weight excluding hydrogens is 254 g/mol. The van der Waals surface area contributed by atoms with Crippen molar-refractivity contribution in [3.05, 3.63) is 40.5 Å². The molecular formula is C12H14ClN3O2. The minimum absolute atomic E-state index is 0.0589. The van der Waals surface area contributed by atoms with Gasteiger partial charge in [0.2, 0.25) is 11.7 Å². The standard InChI is InChI=1S/C12H14ClN3O2/c1-7(14)9-3-4-11(10(13)5-9)17-6-12-15-8(2)18-16-12/h3-5,7H,6,14H2,1-2H3/t7-/m1/s1. The van der Waals surface area contributed by atoms with Gasteiger partial charge in [0.05, 0.1) is 5.02 Å². The molecule has 0 radical (unpaired) electrons. The lowest BCUT2D eigenvalue weighted by Crippen LogP contribution is -2.05. The lowest BCUT2D eigenvalue weighted by atomic mass is 10.1. The van der Waals surface area contributed by atoms with Crippen molar-refractivity contribution in [3.8, 4) is 5.75 Å². The van der Waals surface area contributed by atoms with Gasteiger partial charge in [-0.15, -0.1) is 0 Å². The van der Waals surface area contributed by atoms with Crippen LogP contribution >= 0.6 is 11.6 Å². The molecule has 6 heteroatoms. The number of hydrogen-bond donors (Lipinski definition) is 1. The molecule has 5 nitrogen and oxygen atoms in total. The van der Waals surface area contributed by atoms with E-state index in [1.807, 2.05) is 13.0 Å². The average molecular weight is 268 g/mol. The summed E-state index contributed by atoms with van der Waals surface area (Å²) in [6.45, 7) is 3.84.